The monoisotopic (exact) mass is 442 g/mol. The maximum atomic E-state index is 12.7. The van der Waals surface area contributed by atoms with E-state index in [1.165, 1.54) is 16.4 Å². The van der Waals surface area contributed by atoms with Crippen molar-refractivity contribution in [3.63, 3.8) is 0 Å². The molecule has 0 saturated heterocycles. The Morgan fingerprint density at radius 1 is 1.21 bits per heavy atom. The topological polar surface area (TPSA) is 105 Å². The van der Waals surface area contributed by atoms with E-state index in [4.69, 9.17) is 16.1 Å². The number of hydrogen-bond acceptors (Lipinski definition) is 6. The predicted molar refractivity (Wildman–Crippen MR) is 114 cm³/mol. The van der Waals surface area contributed by atoms with Gasteiger partial charge in [-0.15, -0.1) is 0 Å². The molecule has 8 nitrogen and oxygen atoms in total. The number of carbonyl (C=O) groups is 1. The van der Waals surface area contributed by atoms with Gasteiger partial charge in [-0.1, -0.05) is 51.4 Å². The van der Waals surface area contributed by atoms with Crippen LogP contribution in [0.3, 0.4) is 0 Å². The molecule has 2 aromatic rings. The lowest BCUT2D eigenvalue weighted by Crippen LogP contribution is -2.31. The number of sulfonamides is 1. The third-order valence-electron chi connectivity index (χ3n) is 4.25. The molecule has 1 aromatic heterocycles. The second kappa shape index (κ2) is 9.15. The standard InChI is InChI=1S/C19H27ClN4O4S/c1-6-24(7-2)29(26,27)15-10-13(8-9-14(15)20)21-12-17(25)22-18-11-16(23-28-18)19(3,4)5/h8-11,21H,6-7,12H2,1-5H3,(H,22,25). The van der Waals surface area contributed by atoms with Crippen LogP contribution in [0.15, 0.2) is 33.7 Å². The molecular formula is C19H27ClN4O4S. The maximum Gasteiger partial charge on any atom is 0.246 e. The summed E-state index contributed by atoms with van der Waals surface area (Å²) in [5.74, 6) is -0.104. The van der Waals surface area contributed by atoms with Crippen molar-refractivity contribution in [2.75, 3.05) is 30.3 Å². The zero-order valence-electron chi connectivity index (χ0n) is 17.2. The van der Waals surface area contributed by atoms with Crippen LogP contribution in [-0.4, -0.2) is 43.4 Å². The molecule has 0 spiro atoms. The molecule has 160 valence electrons. The average Bonchev–Trinajstić information content (AvgIpc) is 3.10. The Labute approximate surface area is 176 Å². The summed E-state index contributed by atoms with van der Waals surface area (Å²) in [5.41, 5.74) is 0.994. The van der Waals surface area contributed by atoms with E-state index < -0.39 is 10.0 Å². The van der Waals surface area contributed by atoms with Crippen molar-refractivity contribution >= 4 is 39.1 Å². The second-order valence-electron chi connectivity index (χ2n) is 7.46. The Morgan fingerprint density at radius 3 is 2.41 bits per heavy atom. The van der Waals surface area contributed by atoms with Crippen LogP contribution in [0.1, 0.15) is 40.3 Å². The smallest absolute Gasteiger partial charge is 0.246 e. The SMILES string of the molecule is CCN(CC)S(=O)(=O)c1cc(NCC(=O)Nc2cc(C(C)(C)C)no2)ccc1Cl. The zero-order valence-corrected chi connectivity index (χ0v) is 18.8. The molecule has 0 aliphatic carbocycles. The Hall–Kier alpha value is -2.10. The second-order valence-corrected chi connectivity index (χ2v) is 9.78. The highest BCUT2D eigenvalue weighted by Gasteiger charge is 2.25. The van der Waals surface area contributed by atoms with Gasteiger partial charge in [0.2, 0.25) is 21.8 Å². The largest absolute Gasteiger partial charge is 0.376 e. The summed E-state index contributed by atoms with van der Waals surface area (Å²) in [7, 11) is -3.72. The van der Waals surface area contributed by atoms with Crippen molar-refractivity contribution < 1.29 is 17.7 Å². The van der Waals surface area contributed by atoms with Crippen LogP contribution in [0.25, 0.3) is 0 Å². The molecule has 0 saturated carbocycles. The molecule has 2 N–H and O–H groups in total. The number of aromatic nitrogens is 1. The van der Waals surface area contributed by atoms with Gasteiger partial charge in [0.1, 0.15) is 4.90 Å². The van der Waals surface area contributed by atoms with Crippen molar-refractivity contribution in [3.8, 4) is 0 Å². The molecule has 10 heteroatoms. The summed E-state index contributed by atoms with van der Waals surface area (Å²) in [6.07, 6.45) is 0. The number of nitrogens with one attached hydrogen (secondary N) is 2. The van der Waals surface area contributed by atoms with Gasteiger partial charge in [-0.3, -0.25) is 10.1 Å². The molecule has 1 aromatic carbocycles. The third-order valence-corrected chi connectivity index (χ3v) is 6.78. The Balaban J connectivity index is 2.07. The minimum absolute atomic E-state index is 0.00155. The van der Waals surface area contributed by atoms with Crippen molar-refractivity contribution in [2.24, 2.45) is 0 Å². The fourth-order valence-corrected chi connectivity index (χ4v) is 4.52. The first-order chi connectivity index (χ1) is 13.5. The van der Waals surface area contributed by atoms with Gasteiger partial charge in [0, 0.05) is 30.3 Å². The Morgan fingerprint density at radius 2 is 1.86 bits per heavy atom. The van der Waals surface area contributed by atoms with E-state index in [0.717, 1.165) is 5.69 Å². The molecule has 0 fully saturated rings. The lowest BCUT2D eigenvalue weighted by molar-refractivity contribution is -0.114. The van der Waals surface area contributed by atoms with E-state index in [-0.39, 0.29) is 33.7 Å². The van der Waals surface area contributed by atoms with Crippen LogP contribution >= 0.6 is 11.6 Å². The van der Waals surface area contributed by atoms with Crippen LogP contribution in [-0.2, 0) is 20.2 Å². The van der Waals surface area contributed by atoms with Crippen molar-refractivity contribution in [3.05, 3.63) is 35.0 Å². The fourth-order valence-electron chi connectivity index (χ4n) is 2.57. The van der Waals surface area contributed by atoms with Gasteiger partial charge < -0.3 is 9.84 Å². The summed E-state index contributed by atoms with van der Waals surface area (Å²) in [4.78, 5) is 12.2. The predicted octanol–water partition coefficient (Wildman–Crippen LogP) is 3.71. The van der Waals surface area contributed by atoms with Gasteiger partial charge in [-0.25, -0.2) is 8.42 Å². The van der Waals surface area contributed by atoms with E-state index in [1.54, 1.807) is 26.0 Å². The maximum absolute atomic E-state index is 12.7. The molecule has 1 heterocycles. The van der Waals surface area contributed by atoms with Crippen LogP contribution in [0, 0.1) is 0 Å². The van der Waals surface area contributed by atoms with E-state index in [9.17, 15) is 13.2 Å². The first-order valence-electron chi connectivity index (χ1n) is 9.29. The summed E-state index contributed by atoms with van der Waals surface area (Å²) < 4.78 is 31.9. The van der Waals surface area contributed by atoms with Gasteiger partial charge in [0.15, 0.2) is 0 Å². The summed E-state index contributed by atoms with van der Waals surface area (Å²) in [5, 5.41) is 9.59. The normalized spacial score (nSPS) is 12.2. The van der Waals surface area contributed by atoms with E-state index >= 15 is 0 Å². The summed E-state index contributed by atoms with van der Waals surface area (Å²) in [6, 6.07) is 6.21. The highest BCUT2D eigenvalue weighted by molar-refractivity contribution is 7.89. The zero-order chi connectivity index (χ0) is 21.8. The van der Waals surface area contributed by atoms with E-state index in [1.807, 2.05) is 20.8 Å². The average molecular weight is 443 g/mol. The molecule has 0 aliphatic heterocycles. The molecule has 0 atom stereocenters. The van der Waals surface area contributed by atoms with E-state index in [0.29, 0.717) is 18.8 Å². The third kappa shape index (κ3) is 5.71. The number of halogens is 1. The number of amides is 1. The first kappa shape index (κ1) is 23.2. The molecule has 2 rings (SSSR count). The Bertz CT molecular complexity index is 963. The molecule has 29 heavy (non-hydrogen) atoms. The molecule has 0 aliphatic rings. The van der Waals surface area contributed by atoms with Gasteiger partial charge in [-0.05, 0) is 18.2 Å². The summed E-state index contributed by atoms with van der Waals surface area (Å²) in [6.45, 7) is 10.1. The number of benzene rings is 1. The van der Waals surface area contributed by atoms with Crippen LogP contribution in [0.4, 0.5) is 11.6 Å². The molecule has 0 radical (unpaired) electrons. The number of carbonyl (C=O) groups excluding carboxylic acids is 1. The van der Waals surface area contributed by atoms with Crippen LogP contribution in [0.5, 0.6) is 0 Å². The minimum atomic E-state index is -3.72. The number of anilines is 2. The molecule has 0 bridgehead atoms. The van der Waals surface area contributed by atoms with Crippen molar-refractivity contribution in [1.82, 2.24) is 9.46 Å². The lowest BCUT2D eigenvalue weighted by Gasteiger charge is -2.19. The van der Waals surface area contributed by atoms with Crippen molar-refractivity contribution in [2.45, 2.75) is 44.9 Å². The number of hydrogen-bond donors (Lipinski definition) is 2. The first-order valence-corrected chi connectivity index (χ1v) is 11.1. The molecule has 1 amide bonds. The quantitative estimate of drug-likeness (QED) is 0.645. The van der Waals surface area contributed by atoms with Gasteiger partial charge in [-0.2, -0.15) is 4.31 Å². The van der Waals surface area contributed by atoms with Gasteiger partial charge in [0.25, 0.3) is 0 Å². The highest BCUT2D eigenvalue weighted by atomic mass is 35.5. The van der Waals surface area contributed by atoms with Crippen LogP contribution in [0.2, 0.25) is 5.02 Å². The van der Waals surface area contributed by atoms with Crippen molar-refractivity contribution in [1.29, 1.82) is 0 Å². The fraction of sp³-hybridized carbons (Fsp3) is 0.474. The van der Waals surface area contributed by atoms with E-state index in [2.05, 4.69) is 15.8 Å². The highest BCUT2D eigenvalue weighted by Crippen LogP contribution is 2.28. The minimum Gasteiger partial charge on any atom is -0.376 e. The van der Waals surface area contributed by atoms with Crippen LogP contribution < -0.4 is 10.6 Å². The van der Waals surface area contributed by atoms with Gasteiger partial charge >= 0.3 is 0 Å². The molecule has 0 unspecified atom stereocenters. The number of nitrogens with zero attached hydrogens (tertiary/aromatic N) is 2. The summed E-state index contributed by atoms with van der Waals surface area (Å²) >= 11 is 6.12. The number of rotatable bonds is 8. The molecular weight excluding hydrogens is 416 g/mol. The Kier molecular flexibility index (Phi) is 7.31. The lowest BCUT2D eigenvalue weighted by atomic mass is 9.92. The van der Waals surface area contributed by atoms with Gasteiger partial charge in [0.05, 0.1) is 17.3 Å².